The van der Waals surface area contributed by atoms with Gasteiger partial charge in [0.05, 0.1) is 18.4 Å². The van der Waals surface area contributed by atoms with Gasteiger partial charge in [-0.05, 0) is 49.8 Å². The van der Waals surface area contributed by atoms with Crippen molar-refractivity contribution in [3.63, 3.8) is 0 Å². The average molecular weight is 342 g/mol. The molecule has 0 amide bonds. The Morgan fingerprint density at radius 2 is 2.04 bits per heavy atom. The van der Waals surface area contributed by atoms with Crippen LogP contribution >= 0.6 is 0 Å². The quantitative estimate of drug-likeness (QED) is 0.586. The predicted molar refractivity (Wildman–Crippen MR) is 96.0 cm³/mol. The molecule has 3 rings (SSSR count). The minimum absolute atomic E-state index is 0.0121. The number of ether oxygens (including phenoxy) is 3. The highest BCUT2D eigenvalue weighted by atomic mass is 16.5. The van der Waals surface area contributed by atoms with Crippen molar-refractivity contribution in [1.29, 1.82) is 5.26 Å². The van der Waals surface area contributed by atoms with Gasteiger partial charge in [0.1, 0.15) is 5.75 Å². The Morgan fingerprint density at radius 3 is 2.72 bits per heavy atom. The van der Waals surface area contributed by atoms with Crippen LogP contribution in [0.15, 0.2) is 23.2 Å². The summed E-state index contributed by atoms with van der Waals surface area (Å²) in [6.07, 6.45) is 8.26. The number of hydrogen-bond donors (Lipinski definition) is 0. The van der Waals surface area contributed by atoms with E-state index in [4.69, 9.17) is 14.2 Å². The second-order valence-electron chi connectivity index (χ2n) is 6.97. The molecule has 0 saturated heterocycles. The standard InChI is InChI=1S/C20H26N2O3/c1-23-10-3-11-25-17-5-4-15-13-20(8-6-16(24-2)7-9-20)19(22-14-21)18(15)12-17/h4-5,12,16H,3,6-11,13H2,1-2H3. The smallest absolute Gasteiger partial charge is 0.205 e. The second kappa shape index (κ2) is 7.99. The largest absolute Gasteiger partial charge is 0.493 e. The molecule has 1 saturated carbocycles. The van der Waals surface area contributed by atoms with Gasteiger partial charge < -0.3 is 14.2 Å². The SMILES string of the molecule is COCCCOc1ccc2c(c1)C(=NC#N)C1(CCC(OC)CC1)C2. The summed E-state index contributed by atoms with van der Waals surface area (Å²) in [5, 5.41) is 9.23. The lowest BCUT2D eigenvalue weighted by Gasteiger charge is -2.36. The molecule has 2 aliphatic carbocycles. The lowest BCUT2D eigenvalue weighted by atomic mass is 9.70. The highest BCUT2D eigenvalue weighted by molar-refractivity contribution is 6.09. The minimum atomic E-state index is -0.0121. The number of aliphatic imine (C=N–C) groups is 1. The molecule has 0 aliphatic heterocycles. The van der Waals surface area contributed by atoms with Gasteiger partial charge in [0.25, 0.3) is 0 Å². The van der Waals surface area contributed by atoms with E-state index in [-0.39, 0.29) is 5.41 Å². The van der Waals surface area contributed by atoms with Gasteiger partial charge in [-0.1, -0.05) is 6.07 Å². The van der Waals surface area contributed by atoms with E-state index in [2.05, 4.69) is 17.1 Å². The molecular weight excluding hydrogens is 316 g/mol. The Hall–Kier alpha value is -1.90. The molecule has 1 spiro atoms. The van der Waals surface area contributed by atoms with Crippen LogP contribution in [-0.2, 0) is 15.9 Å². The van der Waals surface area contributed by atoms with Gasteiger partial charge in [0.2, 0.25) is 6.19 Å². The first-order valence-electron chi connectivity index (χ1n) is 8.97. The zero-order chi connectivity index (χ0) is 17.7. The molecule has 134 valence electrons. The number of benzene rings is 1. The summed E-state index contributed by atoms with van der Waals surface area (Å²) < 4.78 is 16.4. The third-order valence-corrected chi connectivity index (χ3v) is 5.51. The Balaban J connectivity index is 1.80. The molecule has 0 aromatic heterocycles. The van der Waals surface area contributed by atoms with Crippen LogP contribution in [0.2, 0.25) is 0 Å². The third-order valence-electron chi connectivity index (χ3n) is 5.51. The number of rotatable bonds is 6. The first-order valence-corrected chi connectivity index (χ1v) is 8.97. The molecule has 2 aliphatic rings. The van der Waals surface area contributed by atoms with Crippen molar-refractivity contribution >= 4 is 5.71 Å². The normalized spacial score (nSPS) is 26.6. The molecule has 5 heteroatoms. The van der Waals surface area contributed by atoms with E-state index in [1.807, 2.05) is 12.3 Å². The van der Waals surface area contributed by atoms with Crippen molar-refractivity contribution in [3.8, 4) is 11.9 Å². The van der Waals surface area contributed by atoms with Gasteiger partial charge in [0.15, 0.2) is 0 Å². The number of fused-ring (bicyclic) bond motifs is 1. The van der Waals surface area contributed by atoms with Crippen LogP contribution in [0.1, 0.15) is 43.2 Å². The Labute approximate surface area is 149 Å². The van der Waals surface area contributed by atoms with Crippen molar-refractivity contribution in [1.82, 2.24) is 0 Å². The van der Waals surface area contributed by atoms with E-state index in [0.717, 1.165) is 55.5 Å². The molecular formula is C20H26N2O3. The summed E-state index contributed by atoms with van der Waals surface area (Å²) in [7, 11) is 3.47. The molecule has 0 unspecified atom stereocenters. The lowest BCUT2D eigenvalue weighted by molar-refractivity contribution is 0.0468. The number of nitriles is 1. The van der Waals surface area contributed by atoms with E-state index in [9.17, 15) is 5.26 Å². The molecule has 1 fully saturated rings. The van der Waals surface area contributed by atoms with E-state index < -0.39 is 0 Å². The number of hydrogen-bond acceptors (Lipinski definition) is 5. The van der Waals surface area contributed by atoms with E-state index in [1.165, 1.54) is 5.56 Å². The van der Waals surface area contributed by atoms with Gasteiger partial charge in [-0.2, -0.15) is 10.3 Å². The summed E-state index contributed by atoms with van der Waals surface area (Å²) in [6.45, 7) is 1.31. The predicted octanol–water partition coefficient (Wildman–Crippen LogP) is 3.50. The Kier molecular flexibility index (Phi) is 5.72. The van der Waals surface area contributed by atoms with Crippen LogP contribution in [0, 0.1) is 16.9 Å². The topological polar surface area (TPSA) is 63.8 Å². The van der Waals surface area contributed by atoms with Gasteiger partial charge >= 0.3 is 0 Å². The Morgan fingerprint density at radius 1 is 1.24 bits per heavy atom. The Bertz CT molecular complexity index is 670. The van der Waals surface area contributed by atoms with Crippen LogP contribution in [-0.4, -0.2) is 39.2 Å². The van der Waals surface area contributed by atoms with Crippen molar-refractivity contribution in [3.05, 3.63) is 29.3 Å². The zero-order valence-electron chi connectivity index (χ0n) is 15.1. The van der Waals surface area contributed by atoms with Gasteiger partial charge in [0, 0.05) is 38.2 Å². The van der Waals surface area contributed by atoms with Crippen LogP contribution in [0.5, 0.6) is 5.75 Å². The fraction of sp³-hybridized carbons (Fsp3) is 0.600. The third kappa shape index (κ3) is 3.70. The van der Waals surface area contributed by atoms with E-state index in [1.54, 1.807) is 14.2 Å². The fourth-order valence-electron chi connectivity index (χ4n) is 4.17. The molecule has 0 atom stereocenters. The molecule has 1 aromatic carbocycles. The maximum absolute atomic E-state index is 9.23. The van der Waals surface area contributed by atoms with E-state index >= 15 is 0 Å². The fourth-order valence-corrected chi connectivity index (χ4v) is 4.17. The molecule has 5 nitrogen and oxygen atoms in total. The highest BCUT2D eigenvalue weighted by Gasteiger charge is 2.45. The molecule has 0 heterocycles. The summed E-state index contributed by atoms with van der Waals surface area (Å²) in [4.78, 5) is 4.25. The van der Waals surface area contributed by atoms with Crippen LogP contribution < -0.4 is 4.74 Å². The maximum Gasteiger partial charge on any atom is 0.205 e. The first kappa shape index (κ1) is 17.9. The number of methoxy groups -OCH3 is 2. The van der Waals surface area contributed by atoms with Crippen molar-refractivity contribution in [2.24, 2.45) is 10.4 Å². The zero-order valence-corrected chi connectivity index (χ0v) is 15.1. The summed E-state index contributed by atoms with van der Waals surface area (Å²) in [6, 6.07) is 6.20. The molecule has 1 aromatic rings. The summed E-state index contributed by atoms with van der Waals surface area (Å²) in [5.41, 5.74) is 3.29. The van der Waals surface area contributed by atoms with Crippen LogP contribution in [0.4, 0.5) is 0 Å². The monoisotopic (exact) mass is 342 g/mol. The molecule has 0 bridgehead atoms. The number of nitrogens with zero attached hydrogens (tertiary/aromatic N) is 2. The molecule has 0 N–H and O–H groups in total. The van der Waals surface area contributed by atoms with Gasteiger partial charge in [-0.3, -0.25) is 0 Å². The van der Waals surface area contributed by atoms with Crippen LogP contribution in [0.3, 0.4) is 0 Å². The van der Waals surface area contributed by atoms with Crippen molar-refractivity contribution in [2.75, 3.05) is 27.4 Å². The summed E-state index contributed by atoms with van der Waals surface area (Å²) in [5.74, 6) is 0.836. The first-order chi connectivity index (χ1) is 12.2. The summed E-state index contributed by atoms with van der Waals surface area (Å²) >= 11 is 0. The van der Waals surface area contributed by atoms with Gasteiger partial charge in [-0.25, -0.2) is 0 Å². The minimum Gasteiger partial charge on any atom is -0.493 e. The maximum atomic E-state index is 9.23. The molecule has 0 radical (unpaired) electrons. The van der Waals surface area contributed by atoms with Crippen LogP contribution in [0.25, 0.3) is 0 Å². The second-order valence-corrected chi connectivity index (χ2v) is 6.97. The molecule has 25 heavy (non-hydrogen) atoms. The highest BCUT2D eigenvalue weighted by Crippen LogP contribution is 2.48. The van der Waals surface area contributed by atoms with E-state index in [0.29, 0.717) is 19.3 Å². The van der Waals surface area contributed by atoms with Gasteiger partial charge in [-0.15, -0.1) is 0 Å². The average Bonchev–Trinajstić information content (AvgIpc) is 2.93. The van der Waals surface area contributed by atoms with Crippen molar-refractivity contribution < 1.29 is 14.2 Å². The van der Waals surface area contributed by atoms with Crippen molar-refractivity contribution in [2.45, 2.75) is 44.6 Å². The lowest BCUT2D eigenvalue weighted by Crippen LogP contribution is -2.35.